The number of hydrogen-bond donors (Lipinski definition) is 2. The molecule has 0 fully saturated rings. The fourth-order valence-electron chi connectivity index (χ4n) is 4.27. The van der Waals surface area contributed by atoms with Crippen molar-refractivity contribution >= 4 is 11.4 Å². The van der Waals surface area contributed by atoms with Crippen molar-refractivity contribution in [3.63, 3.8) is 0 Å². The second-order valence-corrected chi connectivity index (χ2v) is 8.27. The van der Waals surface area contributed by atoms with Crippen LogP contribution in [0.2, 0.25) is 0 Å². The summed E-state index contributed by atoms with van der Waals surface area (Å²) in [5.41, 5.74) is 6.79. The van der Waals surface area contributed by atoms with Crippen molar-refractivity contribution in [2.45, 2.75) is 58.9 Å². The zero-order chi connectivity index (χ0) is 18.0. The van der Waals surface area contributed by atoms with E-state index in [0.717, 1.165) is 13.0 Å². The number of aryl methyl sites for hydroxylation is 1. The Kier molecular flexibility index (Phi) is 5.08. The molecule has 2 unspecified atom stereocenters. The van der Waals surface area contributed by atoms with Crippen molar-refractivity contribution in [2.75, 3.05) is 17.2 Å². The van der Waals surface area contributed by atoms with Crippen molar-refractivity contribution in [1.29, 1.82) is 0 Å². The molecule has 0 aromatic heterocycles. The van der Waals surface area contributed by atoms with Crippen LogP contribution in [-0.4, -0.2) is 12.6 Å². The van der Waals surface area contributed by atoms with E-state index >= 15 is 0 Å². The van der Waals surface area contributed by atoms with Gasteiger partial charge in [-0.15, -0.1) is 0 Å². The lowest BCUT2D eigenvalue weighted by atomic mass is 9.70. The van der Waals surface area contributed by atoms with Gasteiger partial charge in [-0.2, -0.15) is 0 Å². The van der Waals surface area contributed by atoms with Crippen molar-refractivity contribution < 1.29 is 0 Å². The lowest BCUT2D eigenvalue weighted by Crippen LogP contribution is -2.33. The molecule has 2 nitrogen and oxygen atoms in total. The highest BCUT2D eigenvalue weighted by Crippen LogP contribution is 2.44. The average Bonchev–Trinajstić information content (AvgIpc) is 2.56. The van der Waals surface area contributed by atoms with Crippen LogP contribution >= 0.6 is 0 Å². The first-order valence-electron chi connectivity index (χ1n) is 9.61. The molecule has 134 valence electrons. The van der Waals surface area contributed by atoms with Crippen LogP contribution in [-0.2, 0) is 5.41 Å². The van der Waals surface area contributed by atoms with E-state index in [2.05, 4.69) is 87.7 Å². The number of hydrogen-bond acceptors (Lipinski definition) is 2. The summed E-state index contributed by atoms with van der Waals surface area (Å²) >= 11 is 0. The number of anilines is 2. The third-order valence-corrected chi connectivity index (χ3v) is 5.51. The van der Waals surface area contributed by atoms with Gasteiger partial charge in [0.05, 0.1) is 0 Å². The predicted molar refractivity (Wildman–Crippen MR) is 110 cm³/mol. The Morgan fingerprint density at radius 1 is 1.12 bits per heavy atom. The highest BCUT2D eigenvalue weighted by atomic mass is 14.9. The number of nitrogens with one attached hydrogen (secondary N) is 2. The van der Waals surface area contributed by atoms with Gasteiger partial charge >= 0.3 is 0 Å². The van der Waals surface area contributed by atoms with E-state index in [-0.39, 0.29) is 5.41 Å². The lowest BCUT2D eigenvalue weighted by molar-refractivity contribution is 0.520. The summed E-state index contributed by atoms with van der Waals surface area (Å²) in [5, 5.41) is 7.37. The molecule has 1 heterocycles. The molecule has 2 N–H and O–H groups in total. The Morgan fingerprint density at radius 3 is 2.52 bits per heavy atom. The molecule has 0 spiro atoms. The van der Waals surface area contributed by atoms with E-state index in [1.54, 1.807) is 0 Å². The largest absolute Gasteiger partial charge is 0.385 e. The summed E-state index contributed by atoms with van der Waals surface area (Å²) in [6.45, 7) is 12.5. The molecule has 3 rings (SSSR count). The molecule has 0 amide bonds. The Hall–Kier alpha value is -1.96. The van der Waals surface area contributed by atoms with Crippen molar-refractivity contribution in [2.24, 2.45) is 5.92 Å². The standard InChI is InChI=1S/C23H32N2/c1-16(2)13-18(4)25-20-14-17(3)22-21(15-20)23(5,11-12-24-22)19-9-7-6-8-10-19/h6-10,14-16,18,24-25H,11-13H2,1-5H3. The maximum Gasteiger partial charge on any atom is 0.0413 e. The minimum Gasteiger partial charge on any atom is -0.385 e. The second kappa shape index (κ2) is 7.11. The van der Waals surface area contributed by atoms with E-state index in [1.165, 1.54) is 34.5 Å². The van der Waals surface area contributed by atoms with Crippen LogP contribution in [0.4, 0.5) is 11.4 Å². The molecular weight excluding hydrogens is 304 g/mol. The fraction of sp³-hybridized carbons (Fsp3) is 0.478. The second-order valence-electron chi connectivity index (χ2n) is 8.27. The van der Waals surface area contributed by atoms with Gasteiger partial charge in [-0.1, -0.05) is 51.1 Å². The maximum atomic E-state index is 3.73. The van der Waals surface area contributed by atoms with E-state index < -0.39 is 0 Å². The highest BCUT2D eigenvalue weighted by molar-refractivity contribution is 5.70. The topological polar surface area (TPSA) is 24.1 Å². The Labute approximate surface area is 153 Å². The monoisotopic (exact) mass is 336 g/mol. The first kappa shape index (κ1) is 17.8. The number of benzene rings is 2. The predicted octanol–water partition coefficient (Wildman–Crippen LogP) is 5.96. The van der Waals surface area contributed by atoms with Crippen LogP contribution < -0.4 is 10.6 Å². The third-order valence-electron chi connectivity index (χ3n) is 5.51. The minimum absolute atomic E-state index is 0.0611. The molecule has 2 heteroatoms. The molecule has 0 saturated heterocycles. The van der Waals surface area contributed by atoms with E-state index in [4.69, 9.17) is 0 Å². The first-order valence-corrected chi connectivity index (χ1v) is 9.61. The smallest absolute Gasteiger partial charge is 0.0413 e. The van der Waals surface area contributed by atoms with E-state index in [0.29, 0.717) is 12.0 Å². The molecule has 2 aromatic rings. The molecule has 1 aliphatic rings. The molecule has 0 radical (unpaired) electrons. The van der Waals surface area contributed by atoms with Crippen LogP contribution in [0, 0.1) is 12.8 Å². The summed E-state index contributed by atoms with van der Waals surface area (Å²) in [5.74, 6) is 0.706. The minimum atomic E-state index is 0.0611. The number of fused-ring (bicyclic) bond motifs is 1. The summed E-state index contributed by atoms with van der Waals surface area (Å²) < 4.78 is 0. The lowest BCUT2D eigenvalue weighted by Gasteiger charge is -2.38. The molecule has 1 aliphatic heterocycles. The van der Waals surface area contributed by atoms with Crippen LogP contribution in [0.25, 0.3) is 0 Å². The maximum absolute atomic E-state index is 3.73. The Balaban J connectivity index is 2.00. The molecule has 0 saturated carbocycles. The van der Waals surface area contributed by atoms with Gasteiger partial charge in [-0.05, 0) is 61.4 Å². The normalized spacial score (nSPS) is 20.7. The van der Waals surface area contributed by atoms with Gasteiger partial charge in [-0.3, -0.25) is 0 Å². The van der Waals surface area contributed by atoms with Crippen LogP contribution in [0.5, 0.6) is 0 Å². The number of rotatable bonds is 5. The van der Waals surface area contributed by atoms with Crippen LogP contribution in [0.3, 0.4) is 0 Å². The van der Waals surface area contributed by atoms with Crippen molar-refractivity contribution in [3.05, 3.63) is 59.2 Å². The van der Waals surface area contributed by atoms with Crippen molar-refractivity contribution in [3.8, 4) is 0 Å². The summed E-state index contributed by atoms with van der Waals surface area (Å²) in [6, 6.07) is 16.1. The van der Waals surface area contributed by atoms with E-state index in [9.17, 15) is 0 Å². The zero-order valence-corrected chi connectivity index (χ0v) is 16.3. The van der Waals surface area contributed by atoms with Gasteiger partial charge in [-0.25, -0.2) is 0 Å². The van der Waals surface area contributed by atoms with Gasteiger partial charge < -0.3 is 10.6 Å². The van der Waals surface area contributed by atoms with Gasteiger partial charge in [0.15, 0.2) is 0 Å². The molecule has 0 aliphatic carbocycles. The zero-order valence-electron chi connectivity index (χ0n) is 16.3. The molecule has 2 atom stereocenters. The summed E-state index contributed by atoms with van der Waals surface area (Å²) in [4.78, 5) is 0. The first-order chi connectivity index (χ1) is 11.9. The van der Waals surface area contributed by atoms with Gasteiger partial charge in [0.2, 0.25) is 0 Å². The highest BCUT2D eigenvalue weighted by Gasteiger charge is 2.34. The van der Waals surface area contributed by atoms with Crippen LogP contribution in [0.15, 0.2) is 42.5 Å². The third kappa shape index (κ3) is 3.68. The quantitative estimate of drug-likeness (QED) is 0.703. The van der Waals surface area contributed by atoms with Gasteiger partial charge in [0.25, 0.3) is 0 Å². The van der Waals surface area contributed by atoms with Gasteiger partial charge in [0.1, 0.15) is 0 Å². The molecule has 2 aromatic carbocycles. The van der Waals surface area contributed by atoms with E-state index in [1.807, 2.05) is 0 Å². The summed E-state index contributed by atoms with van der Waals surface area (Å²) in [6.07, 6.45) is 2.30. The molecule has 25 heavy (non-hydrogen) atoms. The molecular formula is C23H32N2. The Morgan fingerprint density at radius 2 is 1.84 bits per heavy atom. The summed E-state index contributed by atoms with van der Waals surface area (Å²) in [7, 11) is 0. The Bertz CT molecular complexity index is 720. The SMILES string of the molecule is Cc1cc(NC(C)CC(C)C)cc2c1NCCC2(C)c1ccccc1. The molecule has 0 bridgehead atoms. The average molecular weight is 337 g/mol. The fourth-order valence-corrected chi connectivity index (χ4v) is 4.27. The van der Waals surface area contributed by atoms with Crippen LogP contribution in [0.1, 0.15) is 57.2 Å². The van der Waals surface area contributed by atoms with Crippen molar-refractivity contribution in [1.82, 2.24) is 0 Å². The van der Waals surface area contributed by atoms with Gasteiger partial charge in [0, 0.05) is 29.4 Å².